The molecule has 0 atom stereocenters. The van der Waals surface area contributed by atoms with E-state index >= 15 is 0 Å². The maximum absolute atomic E-state index is 12.5. The molecule has 0 spiro atoms. The molecule has 1 aromatic heterocycles. The Morgan fingerprint density at radius 3 is 2.57 bits per heavy atom. The lowest BCUT2D eigenvalue weighted by molar-refractivity contribution is -0.124. The zero-order valence-corrected chi connectivity index (χ0v) is 13.3. The Labute approximate surface area is 136 Å². The highest BCUT2D eigenvalue weighted by atomic mass is 16.5. The van der Waals surface area contributed by atoms with Gasteiger partial charge in [-0.1, -0.05) is 30.3 Å². The second-order valence-corrected chi connectivity index (χ2v) is 5.34. The van der Waals surface area contributed by atoms with E-state index in [-0.39, 0.29) is 18.6 Å². The Balaban J connectivity index is 2.22. The van der Waals surface area contributed by atoms with E-state index < -0.39 is 0 Å². The van der Waals surface area contributed by atoms with Crippen molar-refractivity contribution < 1.29 is 9.53 Å². The monoisotopic (exact) mass is 309 g/mol. The van der Waals surface area contributed by atoms with Crippen LogP contribution in [0, 0.1) is 11.3 Å². The van der Waals surface area contributed by atoms with Crippen molar-refractivity contribution in [2.24, 2.45) is 0 Å². The van der Waals surface area contributed by atoms with Crippen molar-refractivity contribution in [2.75, 3.05) is 11.5 Å². The third kappa shape index (κ3) is 4.90. The number of amides is 1. The standard InChI is InChI=1S/C18H19N3O2/c1-14(2)23-13-18(22)21(12-15-6-4-3-5-7-15)17-9-8-16(10-19)11-20-17/h3-9,11,14H,12-13H2,1-2H3. The average Bonchev–Trinajstić information content (AvgIpc) is 2.58. The van der Waals surface area contributed by atoms with Crippen LogP contribution in [0.4, 0.5) is 5.82 Å². The number of hydrogen-bond donors (Lipinski definition) is 0. The summed E-state index contributed by atoms with van der Waals surface area (Å²) in [6, 6.07) is 15.0. The molecule has 0 aliphatic rings. The van der Waals surface area contributed by atoms with Crippen LogP contribution in [0.15, 0.2) is 48.7 Å². The van der Waals surface area contributed by atoms with Gasteiger partial charge in [0, 0.05) is 6.20 Å². The van der Waals surface area contributed by atoms with E-state index in [1.165, 1.54) is 6.20 Å². The van der Waals surface area contributed by atoms with Crippen LogP contribution in [0.2, 0.25) is 0 Å². The fraction of sp³-hybridized carbons (Fsp3) is 0.278. The summed E-state index contributed by atoms with van der Waals surface area (Å²) >= 11 is 0. The Kier molecular flexibility index (Phi) is 5.84. The molecule has 118 valence electrons. The predicted octanol–water partition coefficient (Wildman–Crippen LogP) is 2.91. The van der Waals surface area contributed by atoms with Gasteiger partial charge in [0.05, 0.1) is 18.2 Å². The topological polar surface area (TPSA) is 66.2 Å². The molecule has 0 bridgehead atoms. The summed E-state index contributed by atoms with van der Waals surface area (Å²) in [5.41, 5.74) is 1.45. The molecule has 0 N–H and O–H groups in total. The fourth-order valence-electron chi connectivity index (χ4n) is 1.99. The lowest BCUT2D eigenvalue weighted by atomic mass is 10.2. The summed E-state index contributed by atoms with van der Waals surface area (Å²) in [5.74, 6) is 0.338. The Hall–Kier alpha value is -2.71. The minimum Gasteiger partial charge on any atom is -0.369 e. The van der Waals surface area contributed by atoms with Crippen LogP contribution in [0.1, 0.15) is 25.0 Å². The Bertz CT molecular complexity index is 676. The fourth-order valence-corrected chi connectivity index (χ4v) is 1.99. The van der Waals surface area contributed by atoms with Gasteiger partial charge >= 0.3 is 0 Å². The number of nitrogens with zero attached hydrogens (tertiary/aromatic N) is 3. The lowest BCUT2D eigenvalue weighted by Crippen LogP contribution is -2.35. The summed E-state index contributed by atoms with van der Waals surface area (Å²) in [6.45, 7) is 4.16. The number of nitriles is 1. The normalized spacial score (nSPS) is 10.3. The highest BCUT2D eigenvalue weighted by Crippen LogP contribution is 2.16. The third-order valence-corrected chi connectivity index (χ3v) is 3.18. The summed E-state index contributed by atoms with van der Waals surface area (Å²) in [7, 11) is 0. The van der Waals surface area contributed by atoms with Crippen LogP contribution in [-0.4, -0.2) is 23.6 Å². The van der Waals surface area contributed by atoms with Gasteiger partial charge in [0.2, 0.25) is 0 Å². The molecule has 0 unspecified atom stereocenters. The van der Waals surface area contributed by atoms with E-state index in [1.807, 2.05) is 50.2 Å². The first kappa shape index (κ1) is 16.7. The zero-order chi connectivity index (χ0) is 16.7. The quantitative estimate of drug-likeness (QED) is 0.823. The molecule has 2 rings (SSSR count). The molecule has 0 radical (unpaired) electrons. The second-order valence-electron chi connectivity index (χ2n) is 5.34. The highest BCUT2D eigenvalue weighted by Gasteiger charge is 2.18. The summed E-state index contributed by atoms with van der Waals surface area (Å²) in [6.07, 6.45) is 1.44. The number of carbonyl (C=O) groups is 1. The van der Waals surface area contributed by atoms with Crippen molar-refractivity contribution in [1.82, 2.24) is 4.98 Å². The molecule has 5 nitrogen and oxygen atoms in total. The van der Waals surface area contributed by atoms with Gasteiger partial charge in [0.15, 0.2) is 0 Å². The molecule has 2 aromatic rings. The molecule has 5 heteroatoms. The van der Waals surface area contributed by atoms with E-state index in [1.54, 1.807) is 17.0 Å². The number of anilines is 1. The molecule has 0 saturated carbocycles. The number of pyridine rings is 1. The first-order chi connectivity index (χ1) is 11.1. The highest BCUT2D eigenvalue weighted by molar-refractivity contribution is 5.93. The molecule has 1 heterocycles. The summed E-state index contributed by atoms with van der Waals surface area (Å²) in [4.78, 5) is 18.3. The summed E-state index contributed by atoms with van der Waals surface area (Å²) < 4.78 is 5.42. The van der Waals surface area contributed by atoms with Crippen LogP contribution < -0.4 is 4.90 Å². The number of rotatable bonds is 6. The lowest BCUT2D eigenvalue weighted by Gasteiger charge is -2.22. The minimum atomic E-state index is -0.167. The van der Waals surface area contributed by atoms with Gasteiger partial charge < -0.3 is 4.74 Å². The van der Waals surface area contributed by atoms with Crippen LogP contribution in [0.5, 0.6) is 0 Å². The van der Waals surface area contributed by atoms with Crippen molar-refractivity contribution in [2.45, 2.75) is 26.5 Å². The van der Waals surface area contributed by atoms with E-state index in [0.29, 0.717) is 17.9 Å². The first-order valence-corrected chi connectivity index (χ1v) is 7.42. The van der Waals surface area contributed by atoms with E-state index in [9.17, 15) is 4.79 Å². The van der Waals surface area contributed by atoms with Crippen LogP contribution in [0.25, 0.3) is 0 Å². The van der Waals surface area contributed by atoms with Crippen LogP contribution in [-0.2, 0) is 16.1 Å². The van der Waals surface area contributed by atoms with Crippen LogP contribution >= 0.6 is 0 Å². The molecule has 1 aromatic carbocycles. The molecular weight excluding hydrogens is 290 g/mol. The van der Waals surface area contributed by atoms with E-state index in [2.05, 4.69) is 4.98 Å². The van der Waals surface area contributed by atoms with Gasteiger partial charge in [-0.15, -0.1) is 0 Å². The number of benzene rings is 1. The first-order valence-electron chi connectivity index (χ1n) is 7.42. The average molecular weight is 309 g/mol. The van der Waals surface area contributed by atoms with E-state index in [4.69, 9.17) is 10.00 Å². The van der Waals surface area contributed by atoms with Crippen molar-refractivity contribution in [3.05, 3.63) is 59.8 Å². The van der Waals surface area contributed by atoms with Gasteiger partial charge in [0.1, 0.15) is 18.5 Å². The van der Waals surface area contributed by atoms with Gasteiger partial charge in [-0.05, 0) is 31.5 Å². The molecular formula is C18H19N3O2. The smallest absolute Gasteiger partial charge is 0.254 e. The van der Waals surface area contributed by atoms with Crippen molar-refractivity contribution in [3.8, 4) is 6.07 Å². The molecule has 0 aliphatic heterocycles. The number of carbonyl (C=O) groups excluding carboxylic acids is 1. The largest absolute Gasteiger partial charge is 0.369 e. The SMILES string of the molecule is CC(C)OCC(=O)N(Cc1ccccc1)c1ccc(C#N)cn1. The molecule has 0 fully saturated rings. The van der Waals surface area contributed by atoms with E-state index in [0.717, 1.165) is 5.56 Å². The molecule has 1 amide bonds. The number of aromatic nitrogens is 1. The molecule has 0 saturated heterocycles. The third-order valence-electron chi connectivity index (χ3n) is 3.18. The second kappa shape index (κ2) is 8.06. The summed E-state index contributed by atoms with van der Waals surface area (Å²) in [5, 5.41) is 8.87. The van der Waals surface area contributed by atoms with Crippen molar-refractivity contribution in [1.29, 1.82) is 5.26 Å². The Morgan fingerprint density at radius 1 is 1.26 bits per heavy atom. The van der Waals surface area contributed by atoms with Gasteiger partial charge in [0.25, 0.3) is 5.91 Å². The predicted molar refractivity (Wildman–Crippen MR) is 87.7 cm³/mol. The zero-order valence-electron chi connectivity index (χ0n) is 13.3. The number of hydrogen-bond acceptors (Lipinski definition) is 4. The van der Waals surface area contributed by atoms with Crippen molar-refractivity contribution >= 4 is 11.7 Å². The Morgan fingerprint density at radius 2 is 2.00 bits per heavy atom. The molecule has 0 aliphatic carbocycles. The van der Waals surface area contributed by atoms with Gasteiger partial charge in [-0.3, -0.25) is 9.69 Å². The van der Waals surface area contributed by atoms with Gasteiger partial charge in [-0.2, -0.15) is 5.26 Å². The minimum absolute atomic E-state index is 0.00776. The maximum atomic E-state index is 12.5. The van der Waals surface area contributed by atoms with Gasteiger partial charge in [-0.25, -0.2) is 4.98 Å². The maximum Gasteiger partial charge on any atom is 0.254 e. The van der Waals surface area contributed by atoms with Crippen molar-refractivity contribution in [3.63, 3.8) is 0 Å². The molecule has 23 heavy (non-hydrogen) atoms. The number of ether oxygens (including phenoxy) is 1. The van der Waals surface area contributed by atoms with Crippen LogP contribution in [0.3, 0.4) is 0 Å².